The van der Waals surface area contributed by atoms with Gasteiger partial charge in [0.25, 0.3) is 0 Å². The van der Waals surface area contributed by atoms with Crippen LogP contribution in [-0.4, -0.2) is 16.8 Å². The van der Waals surface area contributed by atoms with Crippen molar-refractivity contribution in [3.63, 3.8) is 0 Å². The van der Waals surface area contributed by atoms with Gasteiger partial charge in [0.2, 0.25) is 0 Å². The highest BCUT2D eigenvalue weighted by Crippen LogP contribution is 2.22. The fraction of sp³-hybridized carbons (Fsp3) is 0.875. The average molecular weight is 205 g/mol. The quantitative estimate of drug-likeness (QED) is 0.427. The van der Waals surface area contributed by atoms with Gasteiger partial charge < -0.3 is 9.42 Å². The molecule has 5 heteroatoms. The van der Waals surface area contributed by atoms with E-state index in [2.05, 4.69) is 9.52 Å². The first-order valence-corrected chi connectivity index (χ1v) is 5.90. The standard InChI is InChI=1S/C8H16NO3P/c1-7(12-13(10)11)9-8-5-3-2-4-6-8/h8,13H,2-6H2,1H3,(H,10,11). The third kappa shape index (κ3) is 4.44. The first kappa shape index (κ1) is 10.7. The molecule has 1 aliphatic carbocycles. The van der Waals surface area contributed by atoms with Gasteiger partial charge in [-0.05, 0) is 12.8 Å². The van der Waals surface area contributed by atoms with Gasteiger partial charge in [0.05, 0.1) is 6.04 Å². The summed E-state index contributed by atoms with van der Waals surface area (Å²) in [6.45, 7) is 1.63. The SMILES string of the molecule is CC(=NC1CCCCC1)O[PH](=O)O. The van der Waals surface area contributed by atoms with Crippen LogP contribution < -0.4 is 0 Å². The molecule has 1 saturated carbocycles. The highest BCUT2D eigenvalue weighted by Gasteiger charge is 2.12. The minimum absolute atomic E-state index is 0.301. The Balaban J connectivity index is 2.38. The Morgan fingerprint density at radius 3 is 2.62 bits per heavy atom. The Morgan fingerprint density at radius 1 is 1.46 bits per heavy atom. The van der Waals surface area contributed by atoms with E-state index in [4.69, 9.17) is 4.89 Å². The molecule has 0 aromatic carbocycles. The second-order valence-corrected chi connectivity index (χ2v) is 4.04. The van der Waals surface area contributed by atoms with Gasteiger partial charge in [-0.3, -0.25) is 4.99 Å². The molecule has 0 aromatic rings. The summed E-state index contributed by atoms with van der Waals surface area (Å²) < 4.78 is 14.9. The van der Waals surface area contributed by atoms with Crippen LogP contribution in [0.25, 0.3) is 0 Å². The highest BCUT2D eigenvalue weighted by atomic mass is 31.1. The number of rotatable bonds is 2. The molecule has 4 nitrogen and oxygen atoms in total. The smallest absolute Gasteiger partial charge is 0.366 e. The van der Waals surface area contributed by atoms with Gasteiger partial charge >= 0.3 is 8.25 Å². The fourth-order valence-corrected chi connectivity index (χ4v) is 1.93. The largest absolute Gasteiger partial charge is 0.413 e. The molecule has 0 heterocycles. The van der Waals surface area contributed by atoms with Gasteiger partial charge in [0.1, 0.15) is 0 Å². The predicted octanol–water partition coefficient (Wildman–Crippen LogP) is 2.14. The van der Waals surface area contributed by atoms with Crippen LogP contribution in [0.1, 0.15) is 39.0 Å². The van der Waals surface area contributed by atoms with Crippen LogP contribution in [0.5, 0.6) is 0 Å². The zero-order chi connectivity index (χ0) is 9.68. The zero-order valence-electron chi connectivity index (χ0n) is 7.82. The molecule has 13 heavy (non-hydrogen) atoms. The van der Waals surface area contributed by atoms with Crippen molar-refractivity contribution in [3.05, 3.63) is 0 Å². The lowest BCUT2D eigenvalue weighted by Crippen LogP contribution is -2.12. The van der Waals surface area contributed by atoms with E-state index >= 15 is 0 Å². The van der Waals surface area contributed by atoms with E-state index in [1.54, 1.807) is 6.92 Å². The number of aliphatic imine (C=N–C) groups is 1. The molecule has 1 unspecified atom stereocenters. The third-order valence-electron chi connectivity index (χ3n) is 2.17. The highest BCUT2D eigenvalue weighted by molar-refractivity contribution is 7.32. The molecule has 76 valence electrons. The molecule has 0 aromatic heterocycles. The second-order valence-electron chi connectivity index (χ2n) is 3.31. The van der Waals surface area contributed by atoms with Crippen LogP contribution in [0.2, 0.25) is 0 Å². The number of hydrogen-bond acceptors (Lipinski definition) is 3. The lowest BCUT2D eigenvalue weighted by Gasteiger charge is -2.17. The molecule has 0 bridgehead atoms. The van der Waals surface area contributed by atoms with E-state index in [0.29, 0.717) is 11.9 Å². The van der Waals surface area contributed by atoms with Crippen molar-refractivity contribution in [3.8, 4) is 0 Å². The van der Waals surface area contributed by atoms with Crippen LogP contribution in [0, 0.1) is 0 Å². The number of nitrogens with zero attached hydrogens (tertiary/aromatic N) is 1. The van der Waals surface area contributed by atoms with E-state index in [9.17, 15) is 4.57 Å². The van der Waals surface area contributed by atoms with Gasteiger partial charge in [0.15, 0.2) is 5.90 Å². The van der Waals surface area contributed by atoms with Crippen LogP contribution in [-0.2, 0) is 9.09 Å². The third-order valence-corrected chi connectivity index (χ3v) is 2.64. The van der Waals surface area contributed by atoms with Crippen molar-refractivity contribution < 1.29 is 14.0 Å². The molecule has 0 spiro atoms. The second kappa shape index (κ2) is 5.40. The fourth-order valence-electron chi connectivity index (χ4n) is 1.62. The minimum atomic E-state index is -2.86. The van der Waals surface area contributed by atoms with Crippen LogP contribution in [0.4, 0.5) is 0 Å². The molecule has 0 saturated heterocycles. The van der Waals surface area contributed by atoms with Gasteiger partial charge in [-0.25, -0.2) is 4.57 Å². The van der Waals surface area contributed by atoms with Crippen LogP contribution >= 0.6 is 8.25 Å². The summed E-state index contributed by atoms with van der Waals surface area (Å²) in [7, 11) is -2.86. The molecule has 0 aliphatic heterocycles. The molecular formula is C8H16NO3P. The van der Waals surface area contributed by atoms with E-state index < -0.39 is 8.25 Å². The van der Waals surface area contributed by atoms with Crippen molar-refractivity contribution >= 4 is 14.2 Å². The van der Waals surface area contributed by atoms with Crippen LogP contribution in [0.3, 0.4) is 0 Å². The van der Waals surface area contributed by atoms with Gasteiger partial charge in [0, 0.05) is 6.92 Å². The average Bonchev–Trinajstić information content (AvgIpc) is 2.04. The van der Waals surface area contributed by atoms with Crippen molar-refractivity contribution in [2.24, 2.45) is 4.99 Å². The molecule has 1 fully saturated rings. The Hall–Kier alpha value is -0.340. The topological polar surface area (TPSA) is 58.9 Å². The summed E-state index contributed by atoms with van der Waals surface area (Å²) in [4.78, 5) is 12.7. The minimum Gasteiger partial charge on any atom is -0.413 e. The molecule has 1 rings (SSSR count). The van der Waals surface area contributed by atoms with E-state index in [1.807, 2.05) is 0 Å². The normalized spacial score (nSPS) is 22.8. The van der Waals surface area contributed by atoms with Gasteiger partial charge in [-0.1, -0.05) is 19.3 Å². The summed E-state index contributed by atoms with van der Waals surface area (Å²) >= 11 is 0. The molecule has 0 amide bonds. The van der Waals surface area contributed by atoms with Crippen molar-refractivity contribution in [2.45, 2.75) is 45.1 Å². The molecule has 0 radical (unpaired) electrons. The van der Waals surface area contributed by atoms with Gasteiger partial charge in [-0.15, -0.1) is 0 Å². The zero-order valence-corrected chi connectivity index (χ0v) is 8.82. The first-order chi connectivity index (χ1) is 6.18. The van der Waals surface area contributed by atoms with E-state index in [1.165, 1.54) is 19.3 Å². The molecule has 1 N–H and O–H groups in total. The molecule has 1 aliphatic rings. The van der Waals surface area contributed by atoms with E-state index in [0.717, 1.165) is 12.8 Å². The summed E-state index contributed by atoms with van der Waals surface area (Å²) in [6.07, 6.45) is 5.84. The number of hydrogen-bond donors (Lipinski definition) is 1. The Morgan fingerprint density at radius 2 is 2.08 bits per heavy atom. The summed E-state index contributed by atoms with van der Waals surface area (Å²) in [5, 5.41) is 0. The predicted molar refractivity (Wildman–Crippen MR) is 52.3 cm³/mol. The Kier molecular flexibility index (Phi) is 4.46. The van der Waals surface area contributed by atoms with Crippen molar-refractivity contribution in [1.29, 1.82) is 0 Å². The van der Waals surface area contributed by atoms with Crippen molar-refractivity contribution in [2.75, 3.05) is 0 Å². The Labute approximate surface area is 79.0 Å². The lowest BCUT2D eigenvalue weighted by molar-refractivity contribution is 0.395. The Bertz CT molecular complexity index is 211. The maximum absolute atomic E-state index is 10.3. The monoisotopic (exact) mass is 205 g/mol. The van der Waals surface area contributed by atoms with Crippen LogP contribution in [0.15, 0.2) is 4.99 Å². The molecule has 1 atom stereocenters. The maximum Gasteiger partial charge on any atom is 0.366 e. The molecular weight excluding hydrogens is 189 g/mol. The summed E-state index contributed by atoms with van der Waals surface area (Å²) in [5.41, 5.74) is 0. The lowest BCUT2D eigenvalue weighted by atomic mass is 9.96. The maximum atomic E-state index is 10.3. The summed E-state index contributed by atoms with van der Waals surface area (Å²) in [6, 6.07) is 0.301. The van der Waals surface area contributed by atoms with Gasteiger partial charge in [-0.2, -0.15) is 0 Å². The van der Waals surface area contributed by atoms with E-state index in [-0.39, 0.29) is 0 Å². The van der Waals surface area contributed by atoms with Crippen molar-refractivity contribution in [1.82, 2.24) is 0 Å². The first-order valence-electron chi connectivity index (χ1n) is 4.63. The summed E-state index contributed by atoms with van der Waals surface area (Å²) in [5.74, 6) is 0.346.